The minimum absolute atomic E-state index is 0.116. The lowest BCUT2D eigenvalue weighted by molar-refractivity contribution is 0.0951. The topological polar surface area (TPSA) is 78.5 Å². The highest BCUT2D eigenvalue weighted by atomic mass is 32.2. The molecule has 0 saturated carbocycles. The number of likely N-dealkylation sites (N-methyl/N-ethyl adjacent to an activating group) is 1. The molecule has 0 aromatic heterocycles. The first-order valence-corrected chi connectivity index (χ1v) is 9.81. The fourth-order valence-corrected chi connectivity index (χ4v) is 3.65. The summed E-state index contributed by atoms with van der Waals surface area (Å²) in [6.45, 7) is 4.97. The number of amides is 1. The van der Waals surface area contributed by atoms with Crippen LogP contribution in [0.5, 0.6) is 0 Å². The molecule has 0 aliphatic rings. The number of hydrogen-bond donors (Lipinski definition) is 2. The summed E-state index contributed by atoms with van der Waals surface area (Å²) in [7, 11) is 0.134. The van der Waals surface area contributed by atoms with Gasteiger partial charge < -0.3 is 10.2 Å². The number of aryl methyl sites for hydroxylation is 2. The van der Waals surface area contributed by atoms with Gasteiger partial charge in [0, 0.05) is 18.7 Å². The summed E-state index contributed by atoms with van der Waals surface area (Å²) >= 11 is 0. The predicted molar refractivity (Wildman–Crippen MR) is 104 cm³/mol. The van der Waals surface area contributed by atoms with Gasteiger partial charge in [-0.3, -0.25) is 9.52 Å². The van der Waals surface area contributed by atoms with Crippen molar-refractivity contribution in [3.8, 4) is 0 Å². The van der Waals surface area contributed by atoms with Gasteiger partial charge in [-0.05, 0) is 63.3 Å². The van der Waals surface area contributed by atoms with Crippen molar-refractivity contribution in [1.82, 2.24) is 10.2 Å². The van der Waals surface area contributed by atoms with Gasteiger partial charge in [0.05, 0.1) is 10.6 Å². The van der Waals surface area contributed by atoms with Crippen LogP contribution in [-0.2, 0) is 10.0 Å². The fourth-order valence-electron chi connectivity index (χ4n) is 2.45. The van der Waals surface area contributed by atoms with E-state index in [-0.39, 0.29) is 10.8 Å². The van der Waals surface area contributed by atoms with Gasteiger partial charge in [0.15, 0.2) is 0 Å². The van der Waals surface area contributed by atoms with E-state index < -0.39 is 10.0 Å². The van der Waals surface area contributed by atoms with Crippen LogP contribution in [0, 0.1) is 13.8 Å². The molecule has 0 heterocycles. The molecule has 2 aromatic carbocycles. The zero-order valence-corrected chi connectivity index (χ0v) is 16.4. The third kappa shape index (κ3) is 5.06. The molecule has 0 bridgehead atoms. The Bertz CT molecular complexity index is 855. The van der Waals surface area contributed by atoms with Crippen LogP contribution in [0.2, 0.25) is 0 Å². The van der Waals surface area contributed by atoms with Gasteiger partial charge in [-0.15, -0.1) is 0 Å². The molecule has 0 aliphatic heterocycles. The summed E-state index contributed by atoms with van der Waals surface area (Å²) in [6, 6.07) is 11.5. The molecular weight excluding hydrogens is 350 g/mol. The van der Waals surface area contributed by atoms with E-state index in [9.17, 15) is 13.2 Å². The molecule has 0 atom stereocenters. The molecule has 0 radical (unpaired) electrons. The number of hydrogen-bond acceptors (Lipinski definition) is 4. The van der Waals surface area contributed by atoms with Crippen molar-refractivity contribution >= 4 is 21.6 Å². The molecule has 0 unspecified atom stereocenters. The Balaban J connectivity index is 2.12. The number of carbonyl (C=O) groups is 1. The van der Waals surface area contributed by atoms with Gasteiger partial charge in [0.1, 0.15) is 0 Å². The van der Waals surface area contributed by atoms with Crippen LogP contribution in [0.25, 0.3) is 0 Å². The first-order valence-electron chi connectivity index (χ1n) is 8.33. The molecule has 0 saturated heterocycles. The van der Waals surface area contributed by atoms with Crippen LogP contribution in [0.4, 0.5) is 5.69 Å². The van der Waals surface area contributed by atoms with Gasteiger partial charge in [0.25, 0.3) is 15.9 Å². The van der Waals surface area contributed by atoms with Gasteiger partial charge in [-0.25, -0.2) is 8.42 Å². The van der Waals surface area contributed by atoms with Crippen LogP contribution in [0.1, 0.15) is 21.5 Å². The number of rotatable bonds is 7. The Hall–Kier alpha value is -2.38. The molecule has 0 spiro atoms. The highest BCUT2D eigenvalue weighted by Crippen LogP contribution is 2.23. The Morgan fingerprint density at radius 1 is 1.00 bits per heavy atom. The van der Waals surface area contributed by atoms with Crippen molar-refractivity contribution in [1.29, 1.82) is 0 Å². The van der Waals surface area contributed by atoms with E-state index >= 15 is 0 Å². The average Bonchev–Trinajstić information content (AvgIpc) is 2.58. The van der Waals surface area contributed by atoms with E-state index in [0.717, 1.165) is 17.7 Å². The number of nitrogens with one attached hydrogen (secondary N) is 2. The number of benzene rings is 2. The van der Waals surface area contributed by atoms with Crippen LogP contribution < -0.4 is 10.0 Å². The molecule has 26 heavy (non-hydrogen) atoms. The number of para-hydroxylation sites is 1. The zero-order chi connectivity index (χ0) is 19.3. The number of carbonyl (C=O) groups excluding carboxylic acids is 1. The summed E-state index contributed by atoms with van der Waals surface area (Å²) in [5.74, 6) is -0.224. The van der Waals surface area contributed by atoms with E-state index in [1.807, 2.05) is 51.0 Å². The first-order chi connectivity index (χ1) is 12.2. The van der Waals surface area contributed by atoms with E-state index in [2.05, 4.69) is 10.0 Å². The normalized spacial score (nSPS) is 11.4. The largest absolute Gasteiger partial charge is 0.351 e. The van der Waals surface area contributed by atoms with E-state index in [4.69, 9.17) is 0 Å². The Kier molecular flexibility index (Phi) is 6.39. The van der Waals surface area contributed by atoms with Crippen molar-refractivity contribution < 1.29 is 13.2 Å². The van der Waals surface area contributed by atoms with Crippen molar-refractivity contribution in [3.63, 3.8) is 0 Å². The maximum Gasteiger partial charge on any atom is 0.261 e. The third-order valence-electron chi connectivity index (χ3n) is 3.99. The Labute approximate surface area is 155 Å². The fraction of sp³-hybridized carbons (Fsp3) is 0.316. The summed E-state index contributed by atoms with van der Waals surface area (Å²) < 4.78 is 27.9. The highest BCUT2D eigenvalue weighted by molar-refractivity contribution is 7.92. The first kappa shape index (κ1) is 19.9. The molecule has 2 rings (SSSR count). The second-order valence-electron chi connectivity index (χ2n) is 6.46. The minimum Gasteiger partial charge on any atom is -0.351 e. The van der Waals surface area contributed by atoms with Gasteiger partial charge in [0.2, 0.25) is 0 Å². The van der Waals surface area contributed by atoms with Crippen molar-refractivity contribution in [2.75, 3.05) is 31.9 Å². The quantitative estimate of drug-likeness (QED) is 0.779. The lowest BCUT2D eigenvalue weighted by atomic mass is 10.1. The molecule has 140 valence electrons. The smallest absolute Gasteiger partial charge is 0.261 e. The second kappa shape index (κ2) is 8.33. The molecule has 7 heteroatoms. The van der Waals surface area contributed by atoms with Crippen molar-refractivity contribution in [2.45, 2.75) is 18.7 Å². The Morgan fingerprint density at radius 3 is 2.12 bits per heavy atom. The van der Waals surface area contributed by atoms with Crippen LogP contribution in [0.3, 0.4) is 0 Å². The average molecular weight is 375 g/mol. The van der Waals surface area contributed by atoms with Crippen LogP contribution in [0.15, 0.2) is 47.4 Å². The van der Waals surface area contributed by atoms with Crippen LogP contribution >= 0.6 is 0 Å². The third-order valence-corrected chi connectivity index (χ3v) is 5.35. The predicted octanol–water partition coefficient (Wildman–Crippen LogP) is 2.40. The van der Waals surface area contributed by atoms with E-state index in [0.29, 0.717) is 17.8 Å². The lowest BCUT2D eigenvalue weighted by Gasteiger charge is -2.13. The van der Waals surface area contributed by atoms with Gasteiger partial charge in [-0.2, -0.15) is 0 Å². The number of sulfonamides is 1. The Morgan fingerprint density at radius 2 is 1.58 bits per heavy atom. The second-order valence-corrected chi connectivity index (χ2v) is 8.14. The lowest BCUT2D eigenvalue weighted by Crippen LogP contribution is -2.31. The molecule has 6 nitrogen and oxygen atoms in total. The SMILES string of the molecule is Cc1cccc(C)c1NS(=O)(=O)c1ccc(C(=O)NCCN(C)C)cc1. The maximum absolute atomic E-state index is 12.6. The summed E-state index contributed by atoms with van der Waals surface area (Å²) in [6.07, 6.45) is 0. The zero-order valence-electron chi connectivity index (χ0n) is 15.5. The summed E-state index contributed by atoms with van der Waals surface area (Å²) in [5.41, 5.74) is 2.71. The van der Waals surface area contributed by atoms with E-state index in [1.54, 1.807) is 0 Å². The molecule has 0 aliphatic carbocycles. The van der Waals surface area contributed by atoms with Gasteiger partial charge in [-0.1, -0.05) is 18.2 Å². The molecule has 1 amide bonds. The monoisotopic (exact) mass is 375 g/mol. The van der Waals surface area contributed by atoms with Gasteiger partial charge >= 0.3 is 0 Å². The van der Waals surface area contributed by atoms with E-state index in [1.165, 1.54) is 24.3 Å². The summed E-state index contributed by atoms with van der Waals surface area (Å²) in [4.78, 5) is 14.2. The van der Waals surface area contributed by atoms with Crippen molar-refractivity contribution in [3.05, 3.63) is 59.2 Å². The molecule has 2 N–H and O–H groups in total. The summed E-state index contributed by atoms with van der Waals surface area (Å²) in [5, 5.41) is 2.80. The molecule has 2 aromatic rings. The van der Waals surface area contributed by atoms with Crippen LogP contribution in [-0.4, -0.2) is 46.4 Å². The van der Waals surface area contributed by atoms with Crippen molar-refractivity contribution in [2.24, 2.45) is 0 Å². The number of nitrogens with zero attached hydrogens (tertiary/aromatic N) is 1. The minimum atomic E-state index is -3.72. The standard InChI is InChI=1S/C19H25N3O3S/c1-14-6-5-7-15(2)18(14)21-26(24,25)17-10-8-16(9-11-17)19(23)20-12-13-22(3)4/h5-11,21H,12-13H2,1-4H3,(H,20,23). The highest BCUT2D eigenvalue weighted by Gasteiger charge is 2.17. The maximum atomic E-state index is 12.6. The number of anilines is 1. The molecule has 0 fully saturated rings. The molecular formula is C19H25N3O3S.